The predicted octanol–water partition coefficient (Wildman–Crippen LogP) is -0.0575. The van der Waals surface area contributed by atoms with Crippen LogP contribution in [0.2, 0.25) is 0 Å². The van der Waals surface area contributed by atoms with Crippen LogP contribution in [-0.4, -0.2) is 38.2 Å². The number of carbonyl (C=O) groups excluding carboxylic acids is 1. The topological polar surface area (TPSA) is 125 Å². The number of rotatable bonds is 3. The molecule has 3 N–H and O–H groups in total. The number of H-pyrrole nitrogens is 1. The second-order valence-electron chi connectivity index (χ2n) is 4.87. The number of nitrogens with zero attached hydrogens (tertiary/aromatic N) is 3. The molecule has 3 heterocycles. The molecule has 1 aliphatic heterocycles. The number of aromatic nitrogens is 4. The summed E-state index contributed by atoms with van der Waals surface area (Å²) < 4.78 is 12.4. The Hall–Kier alpha value is -2.42. The van der Waals surface area contributed by atoms with E-state index in [0.29, 0.717) is 12.1 Å². The molecule has 9 nitrogen and oxygen atoms in total. The zero-order valence-corrected chi connectivity index (χ0v) is 11.4. The van der Waals surface area contributed by atoms with E-state index in [9.17, 15) is 9.59 Å². The number of nitrogen functional groups attached to an aromatic ring is 1. The Morgan fingerprint density at radius 1 is 1.62 bits per heavy atom. The summed E-state index contributed by atoms with van der Waals surface area (Å²) in [6, 6.07) is 0. The average Bonchev–Trinajstić information content (AvgIpc) is 3.02. The Morgan fingerprint density at radius 3 is 3.19 bits per heavy atom. The quantitative estimate of drug-likeness (QED) is 0.759. The van der Waals surface area contributed by atoms with E-state index in [4.69, 9.17) is 15.2 Å². The lowest BCUT2D eigenvalue weighted by Crippen LogP contribution is -2.18. The van der Waals surface area contributed by atoms with Crippen molar-refractivity contribution >= 4 is 23.1 Å². The number of fused-ring (bicyclic) bond motifs is 1. The molecule has 0 unspecified atom stereocenters. The minimum Gasteiger partial charge on any atom is -0.463 e. The summed E-state index contributed by atoms with van der Waals surface area (Å²) in [6.07, 6.45) is 2.49. The minimum absolute atomic E-state index is 0.0312. The van der Waals surface area contributed by atoms with Gasteiger partial charge in [0.2, 0.25) is 5.95 Å². The van der Waals surface area contributed by atoms with Crippen LogP contribution in [0.25, 0.3) is 11.2 Å². The third-order valence-corrected chi connectivity index (χ3v) is 3.32. The zero-order valence-electron chi connectivity index (χ0n) is 11.4. The highest BCUT2D eigenvalue weighted by molar-refractivity contribution is 5.70. The molecule has 3 rings (SSSR count). The molecule has 2 aromatic rings. The van der Waals surface area contributed by atoms with E-state index < -0.39 is 0 Å². The summed E-state index contributed by atoms with van der Waals surface area (Å²) in [5, 5.41) is 0. The maximum absolute atomic E-state index is 11.7. The number of anilines is 1. The molecule has 9 heteroatoms. The Morgan fingerprint density at radius 2 is 2.43 bits per heavy atom. The van der Waals surface area contributed by atoms with E-state index in [1.807, 2.05) is 0 Å². The highest BCUT2D eigenvalue weighted by atomic mass is 16.6. The van der Waals surface area contributed by atoms with Gasteiger partial charge in [-0.15, -0.1) is 0 Å². The van der Waals surface area contributed by atoms with Crippen LogP contribution in [0.5, 0.6) is 0 Å². The van der Waals surface area contributed by atoms with Crippen LogP contribution in [-0.2, 0) is 14.3 Å². The fourth-order valence-corrected chi connectivity index (χ4v) is 2.38. The van der Waals surface area contributed by atoms with Crippen LogP contribution >= 0.6 is 0 Å². The smallest absolute Gasteiger partial charge is 0.302 e. The van der Waals surface area contributed by atoms with Crippen LogP contribution in [0.3, 0.4) is 0 Å². The van der Waals surface area contributed by atoms with E-state index in [1.54, 1.807) is 4.57 Å². The van der Waals surface area contributed by atoms with Gasteiger partial charge in [0.1, 0.15) is 12.8 Å². The number of aromatic amines is 1. The molecule has 21 heavy (non-hydrogen) atoms. The molecule has 0 aromatic carbocycles. The van der Waals surface area contributed by atoms with Crippen LogP contribution < -0.4 is 11.3 Å². The lowest BCUT2D eigenvalue weighted by atomic mass is 10.2. The molecule has 0 saturated carbocycles. The summed E-state index contributed by atoms with van der Waals surface area (Å²) in [5.74, 6) is -0.306. The molecule has 0 radical (unpaired) electrons. The highest BCUT2D eigenvalue weighted by Crippen LogP contribution is 2.30. The van der Waals surface area contributed by atoms with E-state index in [0.717, 1.165) is 6.42 Å². The third-order valence-electron chi connectivity index (χ3n) is 3.32. The number of nitrogens with one attached hydrogen (secondary N) is 1. The number of ether oxygens (including phenoxy) is 2. The number of hydrogen-bond acceptors (Lipinski definition) is 7. The van der Waals surface area contributed by atoms with Gasteiger partial charge in [-0.2, -0.15) is 4.98 Å². The normalized spacial score (nSPS) is 21.8. The van der Waals surface area contributed by atoms with Gasteiger partial charge < -0.3 is 15.2 Å². The molecule has 0 aliphatic carbocycles. The van der Waals surface area contributed by atoms with Crippen molar-refractivity contribution in [3.05, 3.63) is 16.7 Å². The van der Waals surface area contributed by atoms with Crippen molar-refractivity contribution in [1.29, 1.82) is 0 Å². The number of nitrogens with two attached hydrogens (primary N) is 1. The summed E-state index contributed by atoms with van der Waals surface area (Å²) in [4.78, 5) is 33.1. The largest absolute Gasteiger partial charge is 0.463 e. The second-order valence-corrected chi connectivity index (χ2v) is 4.87. The van der Waals surface area contributed by atoms with Crippen LogP contribution in [0.15, 0.2) is 11.1 Å². The van der Waals surface area contributed by atoms with Crippen LogP contribution in [0, 0.1) is 0 Å². The van der Waals surface area contributed by atoms with Gasteiger partial charge in [-0.05, 0) is 12.8 Å². The lowest BCUT2D eigenvalue weighted by Gasteiger charge is -2.15. The van der Waals surface area contributed by atoms with E-state index in [1.165, 1.54) is 13.3 Å². The first kappa shape index (κ1) is 13.6. The molecule has 112 valence electrons. The fourth-order valence-electron chi connectivity index (χ4n) is 2.38. The summed E-state index contributed by atoms with van der Waals surface area (Å²) in [5.41, 5.74) is 5.77. The lowest BCUT2D eigenvalue weighted by molar-refractivity contribution is -0.145. The molecule has 2 atom stereocenters. The average molecular weight is 293 g/mol. The number of hydrogen-bond donors (Lipinski definition) is 2. The molecule has 0 spiro atoms. The molecule has 0 bridgehead atoms. The molecular formula is C12H15N5O4. The monoisotopic (exact) mass is 293 g/mol. The minimum atomic E-state index is -0.384. The Balaban J connectivity index is 1.82. The first-order valence-corrected chi connectivity index (χ1v) is 6.55. The van der Waals surface area contributed by atoms with E-state index >= 15 is 0 Å². The predicted molar refractivity (Wildman–Crippen MR) is 72.3 cm³/mol. The maximum atomic E-state index is 11.7. The molecular weight excluding hydrogens is 278 g/mol. The van der Waals surface area contributed by atoms with Crippen molar-refractivity contribution in [2.75, 3.05) is 12.3 Å². The third kappa shape index (κ3) is 2.59. The highest BCUT2D eigenvalue weighted by Gasteiger charge is 2.29. The Labute approximate surface area is 119 Å². The van der Waals surface area contributed by atoms with Gasteiger partial charge in [-0.1, -0.05) is 0 Å². The zero-order chi connectivity index (χ0) is 15.0. The second kappa shape index (κ2) is 5.17. The standard InChI is InChI=1S/C12H15N5O4/c1-6(18)20-4-7-2-3-8(21-7)17-5-14-9-10(17)15-12(13)16-11(9)19/h5,7-8H,2-4H2,1H3,(H3,13,15,16,19)/t7-,8+/m0/s1. The fraction of sp³-hybridized carbons (Fsp3) is 0.500. The number of carbonyl (C=O) groups is 1. The van der Waals surface area contributed by atoms with Gasteiger partial charge in [0.15, 0.2) is 11.2 Å². The van der Waals surface area contributed by atoms with Gasteiger partial charge in [-0.3, -0.25) is 19.1 Å². The van der Waals surface area contributed by atoms with Crippen molar-refractivity contribution in [3.63, 3.8) is 0 Å². The van der Waals surface area contributed by atoms with E-state index in [-0.39, 0.29) is 41.9 Å². The Kier molecular flexibility index (Phi) is 3.34. The van der Waals surface area contributed by atoms with Crippen molar-refractivity contribution < 1.29 is 14.3 Å². The summed E-state index contributed by atoms with van der Waals surface area (Å²) >= 11 is 0. The van der Waals surface area contributed by atoms with Crippen LogP contribution in [0.4, 0.5) is 5.95 Å². The van der Waals surface area contributed by atoms with Gasteiger partial charge in [0.05, 0.1) is 12.4 Å². The van der Waals surface area contributed by atoms with Crippen molar-refractivity contribution in [1.82, 2.24) is 19.5 Å². The SMILES string of the molecule is CC(=O)OC[C@@H]1CC[C@H](n2cnc3c(=O)[nH]c(N)nc32)O1. The molecule has 1 aliphatic rings. The van der Waals surface area contributed by atoms with Crippen molar-refractivity contribution in [2.45, 2.75) is 32.1 Å². The van der Waals surface area contributed by atoms with E-state index in [2.05, 4.69) is 15.0 Å². The summed E-state index contributed by atoms with van der Waals surface area (Å²) in [6.45, 7) is 1.57. The molecule has 2 aromatic heterocycles. The molecule has 0 amide bonds. The first-order chi connectivity index (χ1) is 10.0. The van der Waals surface area contributed by atoms with Gasteiger partial charge in [0.25, 0.3) is 5.56 Å². The maximum Gasteiger partial charge on any atom is 0.302 e. The van der Waals surface area contributed by atoms with Gasteiger partial charge >= 0.3 is 5.97 Å². The molecule has 1 saturated heterocycles. The molecule has 1 fully saturated rings. The van der Waals surface area contributed by atoms with Gasteiger partial charge in [-0.25, -0.2) is 4.98 Å². The van der Waals surface area contributed by atoms with Gasteiger partial charge in [0, 0.05) is 6.92 Å². The summed E-state index contributed by atoms with van der Waals surface area (Å²) in [7, 11) is 0. The Bertz CT molecular complexity index is 737. The van der Waals surface area contributed by atoms with Crippen molar-refractivity contribution in [3.8, 4) is 0 Å². The van der Waals surface area contributed by atoms with Crippen molar-refractivity contribution in [2.24, 2.45) is 0 Å². The van der Waals surface area contributed by atoms with Crippen LogP contribution in [0.1, 0.15) is 26.0 Å². The first-order valence-electron chi connectivity index (χ1n) is 6.55. The number of esters is 1. The number of imidazole rings is 1.